The van der Waals surface area contributed by atoms with Gasteiger partial charge in [0.25, 0.3) is 0 Å². The highest BCUT2D eigenvalue weighted by molar-refractivity contribution is 7.91. The zero-order valence-corrected chi connectivity index (χ0v) is 11.2. The predicted octanol–water partition coefficient (Wildman–Crippen LogP) is 0.590. The Morgan fingerprint density at radius 3 is 2.71 bits per heavy atom. The number of nitrogens with one attached hydrogen (secondary N) is 1. The molecule has 1 atom stereocenters. The van der Waals surface area contributed by atoms with Crippen LogP contribution < -0.4 is 5.32 Å². The number of halogens is 1. The van der Waals surface area contributed by atoms with Gasteiger partial charge in [-0.3, -0.25) is 0 Å². The molecule has 1 aliphatic rings. The largest absolute Gasteiger partial charge is 0.316 e. The maximum absolute atomic E-state index is 12.0. The van der Waals surface area contributed by atoms with Crippen molar-refractivity contribution in [3.63, 3.8) is 0 Å². The van der Waals surface area contributed by atoms with Gasteiger partial charge in [-0.05, 0) is 44.5 Å². The van der Waals surface area contributed by atoms with Crippen LogP contribution >= 0.6 is 12.4 Å². The molecule has 5 nitrogen and oxygen atoms in total. The highest BCUT2D eigenvalue weighted by Crippen LogP contribution is 2.15. The van der Waals surface area contributed by atoms with Crippen LogP contribution in [0, 0.1) is 12.8 Å². The summed E-state index contributed by atoms with van der Waals surface area (Å²) in [7, 11) is -3.27. The zero-order valence-electron chi connectivity index (χ0n) is 9.59. The van der Waals surface area contributed by atoms with Crippen LogP contribution in [0.5, 0.6) is 0 Å². The van der Waals surface area contributed by atoms with E-state index >= 15 is 0 Å². The number of sulfone groups is 1. The smallest absolute Gasteiger partial charge is 0.197 e. The second-order valence-electron chi connectivity index (χ2n) is 4.15. The molecule has 1 saturated heterocycles. The molecule has 0 bridgehead atoms. The maximum atomic E-state index is 12.0. The van der Waals surface area contributed by atoms with Crippen molar-refractivity contribution in [2.75, 3.05) is 18.8 Å². The van der Waals surface area contributed by atoms with E-state index in [-0.39, 0.29) is 29.1 Å². The Hall–Kier alpha value is -0.720. The van der Waals surface area contributed by atoms with Crippen LogP contribution in [0.1, 0.15) is 12.1 Å². The minimum absolute atomic E-state index is 0. The van der Waals surface area contributed by atoms with Gasteiger partial charge in [-0.1, -0.05) is 0 Å². The molecule has 0 aromatic carbocycles. The van der Waals surface area contributed by atoms with Crippen LogP contribution in [-0.2, 0) is 9.84 Å². The van der Waals surface area contributed by atoms with Crippen molar-refractivity contribution in [3.8, 4) is 0 Å². The summed E-state index contributed by atoms with van der Waals surface area (Å²) in [4.78, 5) is 0. The molecule has 0 saturated carbocycles. The topological polar surface area (TPSA) is 72.0 Å². The average Bonchev–Trinajstić information content (AvgIpc) is 2.70. The van der Waals surface area contributed by atoms with Crippen molar-refractivity contribution in [2.45, 2.75) is 18.4 Å². The van der Waals surface area contributed by atoms with E-state index in [1.165, 1.54) is 6.07 Å². The minimum atomic E-state index is -3.27. The van der Waals surface area contributed by atoms with E-state index in [9.17, 15) is 8.42 Å². The van der Waals surface area contributed by atoms with Crippen molar-refractivity contribution in [1.29, 1.82) is 0 Å². The third kappa shape index (κ3) is 3.62. The lowest BCUT2D eigenvalue weighted by molar-refractivity contribution is 0.565. The normalized spacial score (nSPS) is 19.9. The molecule has 0 radical (unpaired) electrons. The summed E-state index contributed by atoms with van der Waals surface area (Å²) in [6, 6.07) is 3.20. The fourth-order valence-electron chi connectivity index (χ4n) is 1.80. The molecule has 1 fully saturated rings. The molecular formula is C10H16ClN3O2S. The SMILES string of the molecule is Cc1ccc(S(=O)(=O)CC2CCNC2)nn1.Cl. The average molecular weight is 278 g/mol. The molecule has 1 N–H and O–H groups in total. The van der Waals surface area contributed by atoms with Crippen LogP contribution in [0.25, 0.3) is 0 Å². The predicted molar refractivity (Wildman–Crippen MR) is 67.0 cm³/mol. The molecule has 0 spiro atoms. The van der Waals surface area contributed by atoms with E-state index in [1.807, 2.05) is 0 Å². The van der Waals surface area contributed by atoms with Crippen molar-refractivity contribution >= 4 is 22.2 Å². The first kappa shape index (κ1) is 14.3. The summed E-state index contributed by atoms with van der Waals surface area (Å²) >= 11 is 0. The minimum Gasteiger partial charge on any atom is -0.316 e. The van der Waals surface area contributed by atoms with Gasteiger partial charge in [0.1, 0.15) is 0 Å². The second kappa shape index (κ2) is 5.75. The summed E-state index contributed by atoms with van der Waals surface area (Å²) in [5, 5.41) is 10.8. The molecule has 7 heteroatoms. The zero-order chi connectivity index (χ0) is 11.6. The highest BCUT2D eigenvalue weighted by atomic mass is 35.5. The van der Waals surface area contributed by atoms with Crippen molar-refractivity contribution in [2.24, 2.45) is 5.92 Å². The van der Waals surface area contributed by atoms with Crippen molar-refractivity contribution in [1.82, 2.24) is 15.5 Å². The Kier molecular flexibility index (Phi) is 4.85. The third-order valence-corrected chi connectivity index (χ3v) is 4.47. The van der Waals surface area contributed by atoms with Crippen LogP contribution in [-0.4, -0.2) is 37.5 Å². The van der Waals surface area contributed by atoms with Crippen molar-refractivity contribution in [3.05, 3.63) is 17.8 Å². The summed E-state index contributed by atoms with van der Waals surface area (Å²) in [6.45, 7) is 3.46. The Morgan fingerprint density at radius 1 is 1.41 bits per heavy atom. The summed E-state index contributed by atoms with van der Waals surface area (Å²) < 4.78 is 23.9. The molecule has 2 heterocycles. The first-order valence-corrected chi connectivity index (χ1v) is 6.97. The fraction of sp³-hybridized carbons (Fsp3) is 0.600. The molecule has 1 aromatic rings. The molecule has 17 heavy (non-hydrogen) atoms. The lowest BCUT2D eigenvalue weighted by atomic mass is 10.2. The number of hydrogen-bond acceptors (Lipinski definition) is 5. The quantitative estimate of drug-likeness (QED) is 0.876. The Labute approximate surface area is 107 Å². The first-order valence-electron chi connectivity index (χ1n) is 5.32. The fourth-order valence-corrected chi connectivity index (χ4v) is 3.32. The standard InChI is InChI=1S/C10H15N3O2S.ClH/c1-8-2-3-10(13-12-8)16(14,15)7-9-4-5-11-6-9;/h2-3,9,11H,4-7H2,1H3;1H. The lowest BCUT2D eigenvalue weighted by Gasteiger charge is -2.08. The summed E-state index contributed by atoms with van der Waals surface area (Å²) in [6.07, 6.45) is 0.915. The third-order valence-electron chi connectivity index (χ3n) is 2.71. The summed E-state index contributed by atoms with van der Waals surface area (Å²) in [5.41, 5.74) is 0.724. The number of aryl methyl sites for hydroxylation is 1. The van der Waals surface area contributed by atoms with Crippen LogP contribution in [0.3, 0.4) is 0 Å². The van der Waals surface area contributed by atoms with E-state index < -0.39 is 9.84 Å². The number of hydrogen-bond donors (Lipinski definition) is 1. The van der Waals surface area contributed by atoms with Crippen molar-refractivity contribution < 1.29 is 8.42 Å². The molecule has 2 rings (SSSR count). The van der Waals surface area contributed by atoms with Crippen LogP contribution in [0.4, 0.5) is 0 Å². The second-order valence-corrected chi connectivity index (χ2v) is 6.13. The van der Waals surface area contributed by atoms with E-state index in [0.29, 0.717) is 0 Å². The van der Waals surface area contributed by atoms with Gasteiger partial charge in [-0.15, -0.1) is 17.5 Å². The maximum Gasteiger partial charge on any atom is 0.197 e. The Morgan fingerprint density at radius 2 is 2.18 bits per heavy atom. The van der Waals surface area contributed by atoms with Crippen LogP contribution in [0.2, 0.25) is 0 Å². The van der Waals surface area contributed by atoms with Gasteiger partial charge in [-0.25, -0.2) is 8.42 Å². The molecule has 1 aromatic heterocycles. The molecule has 1 unspecified atom stereocenters. The summed E-state index contributed by atoms with van der Waals surface area (Å²) in [5.74, 6) is 0.366. The van der Waals surface area contributed by atoms with Gasteiger partial charge in [0, 0.05) is 0 Å². The van der Waals surface area contributed by atoms with E-state index in [0.717, 1.165) is 25.2 Å². The molecule has 0 amide bonds. The number of rotatable bonds is 3. The first-order chi connectivity index (χ1) is 7.58. The monoisotopic (exact) mass is 277 g/mol. The van der Waals surface area contributed by atoms with E-state index in [4.69, 9.17) is 0 Å². The van der Waals surface area contributed by atoms with Gasteiger partial charge in [0.15, 0.2) is 14.9 Å². The Bertz CT molecular complexity index is 455. The molecule has 0 aliphatic carbocycles. The van der Waals surface area contributed by atoms with Gasteiger partial charge >= 0.3 is 0 Å². The molecule has 1 aliphatic heterocycles. The Balaban J connectivity index is 0.00000144. The molecule has 96 valence electrons. The lowest BCUT2D eigenvalue weighted by Crippen LogP contribution is -2.19. The van der Waals surface area contributed by atoms with E-state index in [1.54, 1.807) is 13.0 Å². The van der Waals surface area contributed by atoms with Gasteiger partial charge in [0.2, 0.25) is 0 Å². The number of aromatic nitrogens is 2. The van der Waals surface area contributed by atoms with Gasteiger partial charge < -0.3 is 5.32 Å². The molecular weight excluding hydrogens is 262 g/mol. The van der Waals surface area contributed by atoms with Crippen LogP contribution in [0.15, 0.2) is 17.2 Å². The highest BCUT2D eigenvalue weighted by Gasteiger charge is 2.24. The number of nitrogens with zero attached hydrogens (tertiary/aromatic N) is 2. The van der Waals surface area contributed by atoms with Gasteiger partial charge in [0.05, 0.1) is 11.4 Å². The van der Waals surface area contributed by atoms with Gasteiger partial charge in [-0.2, -0.15) is 5.10 Å². The van der Waals surface area contributed by atoms with E-state index in [2.05, 4.69) is 15.5 Å².